The van der Waals surface area contributed by atoms with Crippen molar-refractivity contribution in [2.45, 2.75) is 51.4 Å². The minimum Gasteiger partial charge on any atom is -0.0622 e. The van der Waals surface area contributed by atoms with Gasteiger partial charge in [0, 0.05) is 4.47 Å². The smallest absolute Gasteiger partial charge is 0.0622 e. The Kier molecular flexibility index (Phi) is 3.52. The molecule has 1 heteroatoms. The minimum atomic E-state index is -0.402. The summed E-state index contributed by atoms with van der Waals surface area (Å²) in [5, 5.41) is 0.825. The number of halogens is 1. The van der Waals surface area contributed by atoms with Crippen LogP contribution < -0.4 is 0 Å². The van der Waals surface area contributed by atoms with Gasteiger partial charge in [-0.2, -0.15) is 0 Å². The van der Waals surface area contributed by atoms with Crippen molar-refractivity contribution in [1.29, 1.82) is 0 Å². The van der Waals surface area contributed by atoms with Crippen molar-refractivity contribution in [3.63, 3.8) is 0 Å². The number of benzene rings is 5. The standard InChI is InChI=1S/C34H31Br/c1-33(2)20-21-34(3,4)31-28(33)19-18-27(29(31)22-12-6-5-7-13-22)30-23-14-8-10-16-25(23)32(35)26-17-11-9-15-24(26)30/h5-19H,20-21H2,1-4H3/i8D,9D,10D,11D,14D,15D,16D,17D. The average Bonchev–Trinajstić information content (AvgIpc) is 2.98. The molecule has 0 heterocycles. The van der Waals surface area contributed by atoms with E-state index in [9.17, 15) is 0 Å². The minimum absolute atomic E-state index is 0.108. The van der Waals surface area contributed by atoms with Crippen LogP contribution in [0, 0.1) is 0 Å². The van der Waals surface area contributed by atoms with E-state index in [1.54, 1.807) is 0 Å². The zero-order chi connectivity index (χ0) is 31.3. The number of hydrogen-bond acceptors (Lipinski definition) is 0. The molecule has 35 heavy (non-hydrogen) atoms. The Hall–Kier alpha value is -2.90. The second-order valence-corrected chi connectivity index (χ2v) is 11.5. The van der Waals surface area contributed by atoms with E-state index in [4.69, 9.17) is 11.0 Å². The first-order valence-corrected chi connectivity index (χ1v) is 12.8. The molecule has 5 aromatic carbocycles. The van der Waals surface area contributed by atoms with Gasteiger partial charge in [-0.25, -0.2) is 0 Å². The number of hydrogen-bond donors (Lipinski definition) is 0. The van der Waals surface area contributed by atoms with E-state index in [2.05, 4.69) is 49.7 Å². The number of fused-ring (bicyclic) bond motifs is 3. The summed E-state index contributed by atoms with van der Waals surface area (Å²) in [6.45, 7) is 8.94. The second-order valence-electron chi connectivity index (χ2n) is 10.7. The zero-order valence-corrected chi connectivity index (χ0v) is 21.9. The molecule has 5 aromatic rings. The van der Waals surface area contributed by atoms with Gasteiger partial charge in [0.25, 0.3) is 0 Å². The second kappa shape index (κ2) is 8.07. The van der Waals surface area contributed by atoms with Crippen LogP contribution in [0.3, 0.4) is 0 Å². The Labute approximate surface area is 228 Å². The van der Waals surface area contributed by atoms with E-state index in [1.807, 2.05) is 36.4 Å². The molecule has 1 aliphatic carbocycles. The third kappa shape index (κ3) is 3.47. The van der Waals surface area contributed by atoms with Crippen LogP contribution in [0.15, 0.2) is 95.3 Å². The third-order valence-corrected chi connectivity index (χ3v) is 8.43. The van der Waals surface area contributed by atoms with Gasteiger partial charge in [0.05, 0.1) is 11.0 Å². The fourth-order valence-corrected chi connectivity index (χ4v) is 6.31. The van der Waals surface area contributed by atoms with Crippen molar-refractivity contribution < 1.29 is 11.0 Å². The maximum atomic E-state index is 9.11. The monoisotopic (exact) mass is 526 g/mol. The van der Waals surface area contributed by atoms with Crippen LogP contribution in [0.5, 0.6) is 0 Å². The highest BCUT2D eigenvalue weighted by molar-refractivity contribution is 9.10. The molecule has 0 bridgehead atoms. The molecule has 0 aliphatic heterocycles. The van der Waals surface area contributed by atoms with Gasteiger partial charge >= 0.3 is 0 Å². The van der Waals surface area contributed by atoms with Crippen LogP contribution in [0.1, 0.15) is 62.6 Å². The molecule has 6 rings (SSSR count). The molecule has 0 nitrogen and oxygen atoms in total. The lowest BCUT2D eigenvalue weighted by Gasteiger charge is -2.44. The first kappa shape index (κ1) is 15.3. The third-order valence-electron chi connectivity index (χ3n) is 7.63. The van der Waals surface area contributed by atoms with E-state index in [0.717, 1.165) is 29.5 Å². The molecule has 0 aromatic heterocycles. The van der Waals surface area contributed by atoms with Crippen molar-refractivity contribution in [3.8, 4) is 22.3 Å². The average molecular weight is 528 g/mol. The Morgan fingerprint density at radius 1 is 0.657 bits per heavy atom. The van der Waals surface area contributed by atoms with Crippen LogP contribution in [0.2, 0.25) is 0 Å². The summed E-state index contributed by atoms with van der Waals surface area (Å²) in [4.78, 5) is 0. The zero-order valence-electron chi connectivity index (χ0n) is 28.3. The molecule has 0 saturated carbocycles. The van der Waals surface area contributed by atoms with E-state index < -0.39 is 24.2 Å². The largest absolute Gasteiger partial charge is 0.0630 e. The molecular formula is C34H31Br. The summed E-state index contributed by atoms with van der Waals surface area (Å²) in [6.07, 6.45) is 1.95. The first-order valence-electron chi connectivity index (χ1n) is 16.0. The lowest BCUT2D eigenvalue weighted by molar-refractivity contribution is 0.333. The van der Waals surface area contributed by atoms with Gasteiger partial charge in [0.1, 0.15) is 0 Å². The lowest BCUT2D eigenvalue weighted by atomic mass is 9.60. The van der Waals surface area contributed by atoms with E-state index in [1.165, 1.54) is 5.56 Å². The van der Waals surface area contributed by atoms with Gasteiger partial charge in [0.15, 0.2) is 0 Å². The van der Waals surface area contributed by atoms with Crippen molar-refractivity contribution in [2.75, 3.05) is 0 Å². The van der Waals surface area contributed by atoms with Gasteiger partial charge < -0.3 is 0 Å². The highest BCUT2D eigenvalue weighted by atomic mass is 79.9. The van der Waals surface area contributed by atoms with Gasteiger partial charge in [0.2, 0.25) is 0 Å². The fraction of sp³-hybridized carbons (Fsp3) is 0.235. The predicted octanol–water partition coefficient (Wildman–Crippen LogP) is 10.4. The fourth-order valence-electron chi connectivity index (χ4n) is 5.72. The summed E-state index contributed by atoms with van der Waals surface area (Å²) >= 11 is 3.54. The maximum absolute atomic E-state index is 9.11. The molecule has 174 valence electrons. The van der Waals surface area contributed by atoms with Gasteiger partial charge in [-0.3, -0.25) is 0 Å². The van der Waals surface area contributed by atoms with Gasteiger partial charge in [-0.05, 0) is 94.5 Å². The predicted molar refractivity (Wildman–Crippen MR) is 155 cm³/mol. The molecule has 0 saturated heterocycles. The molecule has 0 amide bonds. The van der Waals surface area contributed by atoms with Crippen molar-refractivity contribution >= 4 is 37.5 Å². The molecule has 0 atom stereocenters. The van der Waals surface area contributed by atoms with Crippen LogP contribution >= 0.6 is 15.9 Å². The highest BCUT2D eigenvalue weighted by Crippen LogP contribution is 2.53. The molecular weight excluding hydrogens is 488 g/mol. The van der Waals surface area contributed by atoms with E-state index in [0.29, 0.717) is 11.1 Å². The Bertz CT molecular complexity index is 1930. The van der Waals surface area contributed by atoms with Gasteiger partial charge in [-0.15, -0.1) is 0 Å². The Morgan fingerprint density at radius 2 is 1.20 bits per heavy atom. The normalized spacial score (nSPS) is 19.6. The Balaban J connectivity index is 1.99. The Morgan fingerprint density at radius 3 is 1.80 bits per heavy atom. The van der Waals surface area contributed by atoms with Crippen molar-refractivity contribution in [3.05, 3.63) is 106 Å². The first-order chi connectivity index (χ1) is 20.1. The van der Waals surface area contributed by atoms with Crippen LogP contribution in [-0.2, 0) is 10.8 Å². The summed E-state index contributed by atoms with van der Waals surface area (Å²) < 4.78 is 70.3. The van der Waals surface area contributed by atoms with Crippen molar-refractivity contribution in [2.24, 2.45) is 0 Å². The number of rotatable bonds is 2. The summed E-state index contributed by atoms with van der Waals surface area (Å²) in [7, 11) is 0. The van der Waals surface area contributed by atoms with Crippen LogP contribution in [-0.4, -0.2) is 0 Å². The lowest BCUT2D eigenvalue weighted by Crippen LogP contribution is -2.34. The van der Waals surface area contributed by atoms with Crippen molar-refractivity contribution in [1.82, 2.24) is 0 Å². The molecule has 0 spiro atoms. The summed E-state index contributed by atoms with van der Waals surface area (Å²) in [6, 6.07) is 11.4. The highest BCUT2D eigenvalue weighted by Gasteiger charge is 2.39. The topological polar surface area (TPSA) is 0 Å². The molecule has 0 unspecified atom stereocenters. The van der Waals surface area contributed by atoms with E-state index >= 15 is 0 Å². The van der Waals surface area contributed by atoms with E-state index in [-0.39, 0.29) is 61.0 Å². The van der Waals surface area contributed by atoms with Crippen LogP contribution in [0.25, 0.3) is 43.8 Å². The molecule has 0 fully saturated rings. The molecule has 0 N–H and O–H groups in total. The summed E-state index contributed by atoms with van der Waals surface area (Å²) in [5.74, 6) is 0. The molecule has 0 radical (unpaired) electrons. The van der Waals surface area contributed by atoms with Gasteiger partial charge in [-0.1, -0.05) is 118 Å². The summed E-state index contributed by atoms with van der Waals surface area (Å²) in [5.41, 5.74) is 4.93. The molecule has 1 aliphatic rings. The maximum Gasteiger partial charge on any atom is 0.0630 e. The quantitative estimate of drug-likeness (QED) is 0.200. The van der Waals surface area contributed by atoms with Crippen LogP contribution in [0.4, 0.5) is 0 Å². The SMILES string of the molecule is [2H]c1c([2H])c([2H])c2c(-c3ccc4c(c3-c3ccccc3)C(C)(C)CCC4(C)C)c3c([2H])c([2H])c([2H])c([2H])c3c(Br)c2c1[2H].